The Morgan fingerprint density at radius 1 is 1.03 bits per heavy atom. The summed E-state index contributed by atoms with van der Waals surface area (Å²) in [5, 5.41) is 4.30. The highest BCUT2D eigenvalue weighted by molar-refractivity contribution is 6.01. The van der Waals surface area contributed by atoms with Crippen LogP contribution in [0.25, 0.3) is 10.8 Å². The number of anilines is 1. The van der Waals surface area contributed by atoms with E-state index < -0.39 is 0 Å². The average molecular weight is 432 g/mol. The van der Waals surface area contributed by atoms with Gasteiger partial charge in [0.2, 0.25) is 11.8 Å². The molecule has 2 heterocycles. The molecular weight excluding hydrogens is 402 g/mol. The van der Waals surface area contributed by atoms with Gasteiger partial charge in [0.1, 0.15) is 0 Å². The van der Waals surface area contributed by atoms with Crippen LogP contribution in [-0.4, -0.2) is 34.4 Å². The van der Waals surface area contributed by atoms with Crippen LogP contribution >= 0.6 is 0 Å². The van der Waals surface area contributed by atoms with Crippen molar-refractivity contribution in [2.45, 2.75) is 45.6 Å². The van der Waals surface area contributed by atoms with Gasteiger partial charge < -0.3 is 14.8 Å². The first kappa shape index (κ1) is 21.8. The Balaban J connectivity index is 1.41. The topological polar surface area (TPSA) is 71.4 Å². The number of hydrogen-bond acceptors (Lipinski definition) is 3. The van der Waals surface area contributed by atoms with Gasteiger partial charge in [0.05, 0.1) is 0 Å². The lowest BCUT2D eigenvalue weighted by atomic mass is 10.1. The maximum absolute atomic E-state index is 13.0. The van der Waals surface area contributed by atoms with Crippen LogP contribution in [-0.2, 0) is 22.6 Å². The second-order valence-electron chi connectivity index (χ2n) is 8.46. The quantitative estimate of drug-likeness (QED) is 0.588. The summed E-state index contributed by atoms with van der Waals surface area (Å²) in [6, 6.07) is 15.5. The van der Waals surface area contributed by atoms with Gasteiger partial charge in [-0.25, -0.2) is 0 Å². The number of benzene rings is 2. The molecule has 1 aliphatic rings. The van der Waals surface area contributed by atoms with E-state index in [9.17, 15) is 14.4 Å². The fraction of sp³-hybridized carbons (Fsp3) is 0.346. The van der Waals surface area contributed by atoms with Crippen molar-refractivity contribution in [3.63, 3.8) is 0 Å². The molecule has 1 saturated heterocycles. The van der Waals surface area contributed by atoms with E-state index in [-0.39, 0.29) is 17.4 Å². The van der Waals surface area contributed by atoms with Crippen molar-refractivity contribution in [3.05, 3.63) is 76.2 Å². The van der Waals surface area contributed by atoms with Crippen LogP contribution in [0.3, 0.4) is 0 Å². The number of aromatic nitrogens is 1. The fourth-order valence-electron chi connectivity index (χ4n) is 4.31. The SMILES string of the molecule is Cc1cccc(CCC(=O)Nc2cccc3c(=O)n(CCCN4CCCC4=O)ccc23)c1. The minimum atomic E-state index is -0.0777. The molecular formula is C26H29N3O3. The highest BCUT2D eigenvalue weighted by atomic mass is 16.2. The van der Waals surface area contributed by atoms with Gasteiger partial charge in [-0.1, -0.05) is 35.9 Å². The van der Waals surface area contributed by atoms with Gasteiger partial charge in [0.15, 0.2) is 0 Å². The van der Waals surface area contributed by atoms with E-state index in [2.05, 4.69) is 11.4 Å². The molecule has 0 saturated carbocycles. The van der Waals surface area contributed by atoms with Crippen LogP contribution in [0.4, 0.5) is 5.69 Å². The van der Waals surface area contributed by atoms with Gasteiger partial charge in [0, 0.05) is 55.1 Å². The highest BCUT2D eigenvalue weighted by Gasteiger charge is 2.19. The maximum atomic E-state index is 13.0. The molecule has 0 spiro atoms. The molecule has 3 aromatic rings. The summed E-state index contributed by atoms with van der Waals surface area (Å²) < 4.78 is 1.69. The molecule has 1 fully saturated rings. The molecule has 166 valence electrons. The molecule has 2 aromatic carbocycles. The molecule has 1 aliphatic heterocycles. The average Bonchev–Trinajstić information content (AvgIpc) is 3.19. The summed E-state index contributed by atoms with van der Waals surface area (Å²) in [4.78, 5) is 39.1. The summed E-state index contributed by atoms with van der Waals surface area (Å²) in [6.45, 7) is 4.10. The Hall–Kier alpha value is -3.41. The number of carbonyl (C=O) groups excluding carboxylic acids is 2. The first-order valence-electron chi connectivity index (χ1n) is 11.3. The van der Waals surface area contributed by atoms with E-state index in [1.807, 2.05) is 42.2 Å². The zero-order valence-electron chi connectivity index (χ0n) is 18.5. The lowest BCUT2D eigenvalue weighted by Crippen LogP contribution is -2.28. The number of pyridine rings is 1. The van der Waals surface area contributed by atoms with Gasteiger partial charge in [-0.15, -0.1) is 0 Å². The molecule has 6 nitrogen and oxygen atoms in total. The third-order valence-electron chi connectivity index (χ3n) is 6.01. The predicted molar refractivity (Wildman–Crippen MR) is 127 cm³/mol. The molecule has 0 aliphatic carbocycles. The summed E-state index contributed by atoms with van der Waals surface area (Å²) in [5.41, 5.74) is 2.90. The number of fused-ring (bicyclic) bond motifs is 1. The zero-order valence-corrected chi connectivity index (χ0v) is 18.5. The number of carbonyl (C=O) groups is 2. The Labute approximate surface area is 187 Å². The molecule has 0 unspecified atom stereocenters. The van der Waals surface area contributed by atoms with Crippen LogP contribution in [0.5, 0.6) is 0 Å². The third kappa shape index (κ3) is 5.07. The van der Waals surface area contributed by atoms with E-state index in [0.717, 1.165) is 30.3 Å². The summed E-state index contributed by atoms with van der Waals surface area (Å²) >= 11 is 0. The number of nitrogens with one attached hydrogen (secondary N) is 1. The molecule has 2 amide bonds. The van der Waals surface area contributed by atoms with Gasteiger partial charge in [-0.05, 0) is 49.9 Å². The molecule has 1 N–H and O–H groups in total. The first-order valence-corrected chi connectivity index (χ1v) is 11.3. The molecule has 32 heavy (non-hydrogen) atoms. The Morgan fingerprint density at radius 2 is 1.88 bits per heavy atom. The number of likely N-dealkylation sites (tertiary alicyclic amines) is 1. The number of aryl methyl sites for hydroxylation is 3. The minimum Gasteiger partial charge on any atom is -0.343 e. The van der Waals surface area contributed by atoms with Crippen molar-refractivity contribution in [1.82, 2.24) is 9.47 Å². The number of amides is 2. The van der Waals surface area contributed by atoms with Gasteiger partial charge in [-0.3, -0.25) is 14.4 Å². The highest BCUT2D eigenvalue weighted by Crippen LogP contribution is 2.21. The van der Waals surface area contributed by atoms with Gasteiger partial charge >= 0.3 is 0 Å². The van der Waals surface area contributed by atoms with Crippen molar-refractivity contribution < 1.29 is 9.59 Å². The zero-order chi connectivity index (χ0) is 22.5. The van der Waals surface area contributed by atoms with Crippen molar-refractivity contribution in [3.8, 4) is 0 Å². The van der Waals surface area contributed by atoms with E-state index in [0.29, 0.717) is 43.4 Å². The van der Waals surface area contributed by atoms with Crippen LogP contribution in [0.15, 0.2) is 59.5 Å². The van der Waals surface area contributed by atoms with E-state index >= 15 is 0 Å². The Kier molecular flexibility index (Phi) is 6.69. The van der Waals surface area contributed by atoms with Gasteiger partial charge in [-0.2, -0.15) is 0 Å². The molecule has 4 rings (SSSR count). The molecule has 0 bridgehead atoms. The molecule has 0 atom stereocenters. The monoisotopic (exact) mass is 431 g/mol. The smallest absolute Gasteiger partial charge is 0.258 e. The summed E-state index contributed by atoms with van der Waals surface area (Å²) in [5.74, 6) is 0.136. The fourth-order valence-corrected chi connectivity index (χ4v) is 4.31. The van der Waals surface area contributed by atoms with Crippen molar-refractivity contribution in [1.29, 1.82) is 0 Å². The van der Waals surface area contributed by atoms with E-state index in [4.69, 9.17) is 0 Å². The third-order valence-corrected chi connectivity index (χ3v) is 6.01. The number of nitrogens with zero attached hydrogens (tertiary/aromatic N) is 2. The Bertz CT molecular complexity index is 1200. The second-order valence-corrected chi connectivity index (χ2v) is 8.46. The lowest BCUT2D eigenvalue weighted by molar-refractivity contribution is -0.127. The lowest BCUT2D eigenvalue weighted by Gasteiger charge is -2.16. The summed E-state index contributed by atoms with van der Waals surface area (Å²) in [6.07, 6.45) is 5.13. The standard InChI is InChI=1S/C26H29N3O3/c1-19-6-2-7-20(18-19)11-12-24(30)27-23-9-3-8-22-21(23)13-17-29(26(22)32)16-5-15-28-14-4-10-25(28)31/h2-3,6-9,13,17-18H,4-5,10-12,14-16H2,1H3,(H,27,30). The first-order chi connectivity index (χ1) is 15.5. The van der Waals surface area contributed by atoms with Crippen molar-refractivity contribution >= 4 is 28.3 Å². The second kappa shape index (κ2) is 9.81. The van der Waals surface area contributed by atoms with Gasteiger partial charge in [0.25, 0.3) is 5.56 Å². The van der Waals surface area contributed by atoms with Crippen LogP contribution in [0.1, 0.15) is 36.8 Å². The normalized spacial score (nSPS) is 13.7. The van der Waals surface area contributed by atoms with Crippen molar-refractivity contribution in [2.75, 3.05) is 18.4 Å². The van der Waals surface area contributed by atoms with Crippen molar-refractivity contribution in [2.24, 2.45) is 0 Å². The van der Waals surface area contributed by atoms with E-state index in [1.54, 1.807) is 22.9 Å². The molecule has 0 radical (unpaired) electrons. The van der Waals surface area contributed by atoms with Crippen LogP contribution in [0, 0.1) is 6.92 Å². The minimum absolute atomic E-state index is 0.0709. The maximum Gasteiger partial charge on any atom is 0.258 e. The molecule has 1 aromatic heterocycles. The summed E-state index contributed by atoms with van der Waals surface area (Å²) in [7, 11) is 0. The number of rotatable bonds is 8. The number of hydrogen-bond donors (Lipinski definition) is 1. The Morgan fingerprint density at radius 3 is 2.66 bits per heavy atom. The van der Waals surface area contributed by atoms with Crippen LogP contribution in [0.2, 0.25) is 0 Å². The van der Waals surface area contributed by atoms with Crippen LogP contribution < -0.4 is 10.9 Å². The van der Waals surface area contributed by atoms with E-state index in [1.165, 1.54) is 5.56 Å². The largest absolute Gasteiger partial charge is 0.343 e. The predicted octanol–water partition coefficient (Wildman–Crippen LogP) is 3.89. The molecule has 6 heteroatoms.